The number of carbonyl (C=O) groups excluding carboxylic acids is 1. The molecule has 0 spiro atoms. The molecule has 1 aromatic heterocycles. The summed E-state index contributed by atoms with van der Waals surface area (Å²) in [6, 6.07) is 26.3. The van der Waals surface area contributed by atoms with Crippen LogP contribution in [0.5, 0.6) is 0 Å². The zero-order chi connectivity index (χ0) is 19.5. The second-order valence-electron chi connectivity index (χ2n) is 6.81. The quantitative estimate of drug-likeness (QED) is 0.568. The lowest BCUT2D eigenvalue weighted by Crippen LogP contribution is -2.32. The van der Waals surface area contributed by atoms with Crippen LogP contribution < -0.4 is 10.5 Å². The van der Waals surface area contributed by atoms with Crippen LogP contribution in [-0.4, -0.2) is 10.9 Å². The molecule has 138 valence electrons. The number of para-hydroxylation sites is 1. The molecule has 1 amide bonds. The van der Waals surface area contributed by atoms with E-state index in [0.717, 1.165) is 22.2 Å². The van der Waals surface area contributed by atoms with Crippen molar-refractivity contribution in [1.82, 2.24) is 4.98 Å². The molecular formula is C24H20N2O2. The molecule has 3 aromatic carbocycles. The summed E-state index contributed by atoms with van der Waals surface area (Å²) >= 11 is 0. The number of hydrogen-bond donors (Lipinski definition) is 1. The molecule has 4 nitrogen and oxygen atoms in total. The molecular weight excluding hydrogens is 348 g/mol. The fourth-order valence-corrected chi connectivity index (χ4v) is 3.27. The van der Waals surface area contributed by atoms with E-state index in [-0.39, 0.29) is 18.0 Å². The Kier molecular flexibility index (Phi) is 4.77. The number of aromatic amines is 1. The largest absolute Gasteiger partial charge is 0.322 e. The molecule has 0 aliphatic heterocycles. The maximum atomic E-state index is 13.2. The summed E-state index contributed by atoms with van der Waals surface area (Å²) in [4.78, 5) is 30.4. The first-order valence-corrected chi connectivity index (χ1v) is 9.16. The van der Waals surface area contributed by atoms with E-state index in [1.165, 1.54) is 0 Å². The van der Waals surface area contributed by atoms with Crippen LogP contribution in [0.2, 0.25) is 0 Å². The molecule has 0 aliphatic rings. The zero-order valence-corrected chi connectivity index (χ0v) is 15.6. The molecule has 0 fully saturated rings. The van der Waals surface area contributed by atoms with Crippen molar-refractivity contribution in [2.24, 2.45) is 0 Å². The second-order valence-corrected chi connectivity index (χ2v) is 6.81. The van der Waals surface area contributed by atoms with Crippen molar-refractivity contribution in [3.63, 3.8) is 0 Å². The number of aryl methyl sites for hydroxylation is 1. The standard InChI is InChI=1S/C24H20N2O2/c1-17-12-13-19-15-20(23(27)25-22(19)14-17)16-26(21-10-6-3-7-11-21)24(28)18-8-4-2-5-9-18/h2-15H,16H2,1H3,(H,25,27). The van der Waals surface area contributed by atoms with Gasteiger partial charge in [-0.15, -0.1) is 0 Å². The van der Waals surface area contributed by atoms with Crippen LogP contribution in [0.4, 0.5) is 5.69 Å². The van der Waals surface area contributed by atoms with E-state index >= 15 is 0 Å². The molecule has 0 saturated heterocycles. The van der Waals surface area contributed by atoms with Gasteiger partial charge in [0, 0.05) is 22.3 Å². The van der Waals surface area contributed by atoms with E-state index in [4.69, 9.17) is 0 Å². The monoisotopic (exact) mass is 368 g/mol. The molecule has 28 heavy (non-hydrogen) atoms. The van der Waals surface area contributed by atoms with E-state index in [2.05, 4.69) is 4.98 Å². The number of carbonyl (C=O) groups is 1. The number of rotatable bonds is 4. The lowest BCUT2D eigenvalue weighted by atomic mass is 10.1. The Hall–Kier alpha value is -3.66. The van der Waals surface area contributed by atoms with Gasteiger partial charge in [-0.1, -0.05) is 48.5 Å². The number of benzene rings is 3. The molecule has 4 heteroatoms. The number of hydrogen-bond acceptors (Lipinski definition) is 2. The predicted octanol–water partition coefficient (Wildman–Crippen LogP) is 4.68. The summed E-state index contributed by atoms with van der Waals surface area (Å²) in [5.41, 5.74) is 3.58. The number of fused-ring (bicyclic) bond motifs is 1. The molecule has 4 aromatic rings. The van der Waals surface area contributed by atoms with Gasteiger partial charge in [0.1, 0.15) is 0 Å². The first-order valence-electron chi connectivity index (χ1n) is 9.16. The number of pyridine rings is 1. The van der Waals surface area contributed by atoms with Crippen LogP contribution in [0.1, 0.15) is 21.5 Å². The smallest absolute Gasteiger partial charge is 0.258 e. The highest BCUT2D eigenvalue weighted by molar-refractivity contribution is 6.06. The minimum absolute atomic E-state index is 0.143. The van der Waals surface area contributed by atoms with Gasteiger partial charge in [-0.3, -0.25) is 9.59 Å². The van der Waals surface area contributed by atoms with E-state index in [1.54, 1.807) is 17.0 Å². The topological polar surface area (TPSA) is 53.2 Å². The molecule has 0 unspecified atom stereocenters. The lowest BCUT2D eigenvalue weighted by Gasteiger charge is -2.23. The highest BCUT2D eigenvalue weighted by Gasteiger charge is 2.19. The minimum Gasteiger partial charge on any atom is -0.322 e. The van der Waals surface area contributed by atoms with Gasteiger partial charge in [0.2, 0.25) is 0 Å². The van der Waals surface area contributed by atoms with Crippen LogP contribution in [-0.2, 0) is 6.54 Å². The Labute approximate surface area is 163 Å². The van der Waals surface area contributed by atoms with E-state index < -0.39 is 0 Å². The Morgan fingerprint density at radius 1 is 0.893 bits per heavy atom. The number of aromatic nitrogens is 1. The van der Waals surface area contributed by atoms with Gasteiger partial charge in [-0.05, 0) is 54.3 Å². The predicted molar refractivity (Wildman–Crippen MR) is 113 cm³/mol. The number of H-pyrrole nitrogens is 1. The number of nitrogens with one attached hydrogen (secondary N) is 1. The number of amides is 1. The van der Waals surface area contributed by atoms with Crippen molar-refractivity contribution in [1.29, 1.82) is 0 Å². The average molecular weight is 368 g/mol. The second kappa shape index (κ2) is 7.53. The van der Waals surface area contributed by atoms with Gasteiger partial charge < -0.3 is 9.88 Å². The Bertz CT molecular complexity index is 1180. The van der Waals surface area contributed by atoms with Crippen molar-refractivity contribution < 1.29 is 4.79 Å². The van der Waals surface area contributed by atoms with Gasteiger partial charge in [-0.25, -0.2) is 0 Å². The van der Waals surface area contributed by atoms with E-state index in [9.17, 15) is 9.59 Å². The average Bonchev–Trinajstić information content (AvgIpc) is 2.73. The Morgan fingerprint density at radius 3 is 2.29 bits per heavy atom. The third-order valence-electron chi connectivity index (χ3n) is 4.74. The first-order chi connectivity index (χ1) is 13.6. The Balaban J connectivity index is 1.77. The summed E-state index contributed by atoms with van der Waals surface area (Å²) < 4.78 is 0. The van der Waals surface area contributed by atoms with E-state index in [1.807, 2.05) is 79.7 Å². The van der Waals surface area contributed by atoms with Gasteiger partial charge in [-0.2, -0.15) is 0 Å². The fraction of sp³-hybridized carbons (Fsp3) is 0.0833. The summed E-state index contributed by atoms with van der Waals surface area (Å²) in [6.45, 7) is 2.18. The zero-order valence-electron chi connectivity index (χ0n) is 15.6. The highest BCUT2D eigenvalue weighted by atomic mass is 16.2. The fourth-order valence-electron chi connectivity index (χ4n) is 3.27. The molecule has 0 bridgehead atoms. The number of nitrogens with zero attached hydrogens (tertiary/aromatic N) is 1. The van der Waals surface area contributed by atoms with Crippen molar-refractivity contribution >= 4 is 22.5 Å². The molecule has 4 rings (SSSR count). The van der Waals surface area contributed by atoms with Gasteiger partial charge in [0.25, 0.3) is 11.5 Å². The molecule has 0 radical (unpaired) electrons. The third-order valence-corrected chi connectivity index (χ3v) is 4.74. The molecule has 0 atom stereocenters. The maximum absolute atomic E-state index is 13.2. The Morgan fingerprint density at radius 2 is 1.57 bits per heavy atom. The molecule has 0 aliphatic carbocycles. The van der Waals surface area contributed by atoms with E-state index in [0.29, 0.717) is 11.1 Å². The highest BCUT2D eigenvalue weighted by Crippen LogP contribution is 2.20. The molecule has 1 N–H and O–H groups in total. The third kappa shape index (κ3) is 3.58. The van der Waals surface area contributed by atoms with Crippen LogP contribution in [0.25, 0.3) is 10.9 Å². The van der Waals surface area contributed by atoms with Crippen LogP contribution in [0.15, 0.2) is 89.7 Å². The normalized spacial score (nSPS) is 10.8. The van der Waals surface area contributed by atoms with Crippen LogP contribution in [0, 0.1) is 6.92 Å². The first kappa shape index (κ1) is 17.7. The van der Waals surface area contributed by atoms with Crippen molar-refractivity contribution in [3.8, 4) is 0 Å². The molecule has 1 heterocycles. The summed E-state index contributed by atoms with van der Waals surface area (Å²) in [6.07, 6.45) is 0. The summed E-state index contributed by atoms with van der Waals surface area (Å²) in [5.74, 6) is -0.143. The summed E-state index contributed by atoms with van der Waals surface area (Å²) in [5, 5.41) is 0.945. The molecule has 0 saturated carbocycles. The minimum atomic E-state index is -0.181. The lowest BCUT2D eigenvalue weighted by molar-refractivity contribution is 0.0985. The van der Waals surface area contributed by atoms with Gasteiger partial charge in [0.05, 0.1) is 6.54 Å². The van der Waals surface area contributed by atoms with Gasteiger partial charge >= 0.3 is 0 Å². The maximum Gasteiger partial charge on any atom is 0.258 e. The van der Waals surface area contributed by atoms with Crippen LogP contribution >= 0.6 is 0 Å². The van der Waals surface area contributed by atoms with Crippen molar-refractivity contribution in [3.05, 3.63) is 112 Å². The number of anilines is 1. The van der Waals surface area contributed by atoms with Crippen molar-refractivity contribution in [2.45, 2.75) is 13.5 Å². The summed E-state index contributed by atoms with van der Waals surface area (Å²) in [7, 11) is 0. The van der Waals surface area contributed by atoms with Crippen LogP contribution in [0.3, 0.4) is 0 Å². The van der Waals surface area contributed by atoms with Gasteiger partial charge in [0.15, 0.2) is 0 Å². The SMILES string of the molecule is Cc1ccc2cc(CN(C(=O)c3ccccc3)c3ccccc3)c(=O)[nH]c2c1. The van der Waals surface area contributed by atoms with Crippen molar-refractivity contribution in [2.75, 3.05) is 4.90 Å².